The van der Waals surface area contributed by atoms with Gasteiger partial charge in [-0.15, -0.1) is 13.2 Å². The van der Waals surface area contributed by atoms with Crippen molar-refractivity contribution in [1.82, 2.24) is 9.80 Å². The molecule has 234 valence electrons. The van der Waals surface area contributed by atoms with Crippen LogP contribution >= 0.6 is 15.9 Å². The number of unbranched alkanes of at least 4 members (excludes halogenated alkanes) is 1. The summed E-state index contributed by atoms with van der Waals surface area (Å²) in [5.41, 5.74) is 2.50. The Morgan fingerprint density at radius 3 is 2.50 bits per heavy atom. The Balaban J connectivity index is 1.56. The highest BCUT2D eigenvalue weighted by molar-refractivity contribution is 9.09. The topological polar surface area (TPSA) is 90.4 Å². The second-order valence-electron chi connectivity index (χ2n) is 12.1. The predicted octanol–water partition coefficient (Wildman–Crippen LogP) is 4.56. The summed E-state index contributed by atoms with van der Waals surface area (Å²) >= 11 is 3.78. The van der Waals surface area contributed by atoms with Crippen LogP contribution in [0.5, 0.6) is 0 Å². The number of alkyl halides is 1. The number of likely N-dealkylation sites (tertiary alicyclic amines) is 1. The van der Waals surface area contributed by atoms with Crippen LogP contribution < -0.4 is 4.90 Å². The zero-order valence-electron chi connectivity index (χ0n) is 25.5. The minimum absolute atomic E-state index is 0.0144. The molecule has 3 heterocycles. The van der Waals surface area contributed by atoms with E-state index in [1.165, 1.54) is 0 Å². The van der Waals surface area contributed by atoms with Crippen LogP contribution in [0.4, 0.5) is 5.69 Å². The molecular formula is C35H42BrN3O5. The number of fused-ring (bicyclic) bond motifs is 1. The summed E-state index contributed by atoms with van der Waals surface area (Å²) in [6, 6.07) is 14.8. The zero-order valence-corrected chi connectivity index (χ0v) is 27.1. The van der Waals surface area contributed by atoms with Crippen molar-refractivity contribution in [3.63, 3.8) is 0 Å². The van der Waals surface area contributed by atoms with E-state index in [1.807, 2.05) is 62.4 Å². The van der Waals surface area contributed by atoms with Crippen molar-refractivity contribution in [2.24, 2.45) is 11.8 Å². The summed E-state index contributed by atoms with van der Waals surface area (Å²) in [4.78, 5) is 48.5. The lowest BCUT2D eigenvalue weighted by Crippen LogP contribution is -2.57. The van der Waals surface area contributed by atoms with Crippen LogP contribution in [0.3, 0.4) is 0 Å². The van der Waals surface area contributed by atoms with Gasteiger partial charge in [-0.1, -0.05) is 70.5 Å². The van der Waals surface area contributed by atoms with Gasteiger partial charge >= 0.3 is 0 Å². The first-order chi connectivity index (χ1) is 21.2. The van der Waals surface area contributed by atoms with Gasteiger partial charge in [-0.25, -0.2) is 0 Å². The summed E-state index contributed by atoms with van der Waals surface area (Å²) in [6.07, 6.45) is 4.27. The minimum Gasteiger partial charge on any atom is -0.396 e. The molecule has 3 aliphatic heterocycles. The molecule has 1 spiro atoms. The van der Waals surface area contributed by atoms with E-state index in [0.29, 0.717) is 32.4 Å². The van der Waals surface area contributed by atoms with Gasteiger partial charge in [0, 0.05) is 43.3 Å². The lowest BCUT2D eigenvalue weighted by Gasteiger charge is -2.38. The van der Waals surface area contributed by atoms with Crippen LogP contribution in [0.1, 0.15) is 36.0 Å². The van der Waals surface area contributed by atoms with E-state index in [0.717, 1.165) is 22.4 Å². The Labute approximate surface area is 268 Å². The first kappa shape index (κ1) is 32.1. The minimum atomic E-state index is -1.17. The average Bonchev–Trinajstić information content (AvgIpc) is 3.60. The number of amides is 3. The maximum absolute atomic E-state index is 14.8. The normalized spacial score (nSPS) is 26.9. The second kappa shape index (κ2) is 13.4. The number of hydrogen-bond donors (Lipinski definition) is 1. The zero-order chi connectivity index (χ0) is 31.6. The second-order valence-corrected chi connectivity index (χ2v) is 13.3. The van der Waals surface area contributed by atoms with Gasteiger partial charge in [0.2, 0.25) is 11.8 Å². The highest BCUT2D eigenvalue weighted by Gasteiger charge is 2.76. The quantitative estimate of drug-likeness (QED) is 0.193. The van der Waals surface area contributed by atoms with E-state index in [9.17, 15) is 19.5 Å². The molecule has 2 aromatic rings. The van der Waals surface area contributed by atoms with Gasteiger partial charge in [0.1, 0.15) is 11.6 Å². The molecule has 3 saturated heterocycles. The Kier molecular flexibility index (Phi) is 9.77. The van der Waals surface area contributed by atoms with E-state index < -0.39 is 29.6 Å². The van der Waals surface area contributed by atoms with Crippen LogP contribution in [0, 0.1) is 25.7 Å². The molecule has 0 radical (unpaired) electrons. The van der Waals surface area contributed by atoms with Gasteiger partial charge < -0.3 is 24.5 Å². The number of aryl methyl sites for hydroxylation is 2. The molecule has 5 rings (SSSR count). The van der Waals surface area contributed by atoms with Crippen molar-refractivity contribution in [1.29, 1.82) is 0 Å². The van der Waals surface area contributed by atoms with Crippen LogP contribution in [0.15, 0.2) is 73.8 Å². The summed E-state index contributed by atoms with van der Waals surface area (Å²) in [5, 5.41) is 9.51. The molecule has 44 heavy (non-hydrogen) atoms. The van der Waals surface area contributed by atoms with Crippen molar-refractivity contribution in [2.75, 3.05) is 31.1 Å². The Bertz CT molecular complexity index is 1420. The monoisotopic (exact) mass is 663 g/mol. The first-order valence-corrected chi connectivity index (χ1v) is 16.3. The molecule has 6 atom stereocenters. The molecule has 1 N–H and O–H groups in total. The summed E-state index contributed by atoms with van der Waals surface area (Å²) < 4.78 is 6.76. The molecule has 8 nitrogen and oxygen atoms in total. The average molecular weight is 665 g/mol. The number of benzene rings is 2. The third-order valence-corrected chi connectivity index (χ3v) is 10.1. The van der Waals surface area contributed by atoms with Crippen LogP contribution in [-0.2, 0) is 25.7 Å². The number of ether oxygens (including phenoxy) is 1. The lowest BCUT2D eigenvalue weighted by molar-refractivity contribution is -0.145. The highest BCUT2D eigenvalue weighted by atomic mass is 79.9. The van der Waals surface area contributed by atoms with E-state index in [4.69, 9.17) is 4.74 Å². The summed E-state index contributed by atoms with van der Waals surface area (Å²) in [5.74, 6) is -2.22. The van der Waals surface area contributed by atoms with Crippen molar-refractivity contribution in [3.8, 4) is 0 Å². The Morgan fingerprint density at radius 1 is 1.09 bits per heavy atom. The molecule has 0 aliphatic carbocycles. The van der Waals surface area contributed by atoms with Gasteiger partial charge in [-0.2, -0.15) is 0 Å². The fourth-order valence-corrected chi connectivity index (χ4v) is 8.27. The van der Waals surface area contributed by atoms with Crippen molar-refractivity contribution in [2.45, 2.75) is 62.2 Å². The molecule has 3 aliphatic rings. The van der Waals surface area contributed by atoms with E-state index >= 15 is 0 Å². The number of nitrogens with zero attached hydrogens (tertiary/aromatic N) is 3. The first-order valence-electron chi connectivity index (χ1n) is 15.3. The van der Waals surface area contributed by atoms with E-state index in [2.05, 4.69) is 29.1 Å². The largest absolute Gasteiger partial charge is 0.396 e. The van der Waals surface area contributed by atoms with E-state index in [-0.39, 0.29) is 42.2 Å². The number of anilines is 1. The standard InChI is InChI=1S/C35H42BrN3O5/c1-5-16-37(22-25-12-8-7-9-13-25)32(41)28-29-33(42)39(18-10-11-19-40)31(35(29)21-26(36)30(28)44-35)34(43)38(17-6-2)27-20-23(3)14-15-24(27)4/h5-9,12-15,20,26,28-31,40H,1-2,10-11,16-19,21-22H2,3-4H3/t26?,28-,29+,30-,31?,35?/m1/s1. The van der Waals surface area contributed by atoms with Crippen molar-refractivity contribution < 1.29 is 24.2 Å². The number of aliphatic hydroxyl groups is 1. The third-order valence-electron chi connectivity index (χ3n) is 9.23. The number of carbonyl (C=O) groups is 3. The highest BCUT2D eigenvalue weighted by Crippen LogP contribution is 2.60. The van der Waals surface area contributed by atoms with Crippen molar-refractivity contribution >= 4 is 39.3 Å². The number of carbonyl (C=O) groups excluding carboxylic acids is 3. The maximum atomic E-state index is 14.8. The predicted molar refractivity (Wildman–Crippen MR) is 174 cm³/mol. The van der Waals surface area contributed by atoms with Gasteiger partial charge in [0.25, 0.3) is 5.91 Å². The molecule has 3 amide bonds. The molecule has 3 fully saturated rings. The van der Waals surface area contributed by atoms with Gasteiger partial charge in [0.05, 0.1) is 17.9 Å². The molecule has 2 bridgehead atoms. The fraction of sp³-hybridized carbons (Fsp3) is 0.457. The van der Waals surface area contributed by atoms with Gasteiger partial charge in [-0.05, 0) is 55.9 Å². The van der Waals surface area contributed by atoms with Crippen molar-refractivity contribution in [3.05, 3.63) is 90.5 Å². The fourth-order valence-electron chi connectivity index (χ4n) is 7.32. The number of hydrogen-bond acceptors (Lipinski definition) is 5. The molecule has 3 unspecified atom stereocenters. The smallest absolute Gasteiger partial charge is 0.253 e. The molecule has 2 aromatic carbocycles. The van der Waals surface area contributed by atoms with Crippen LogP contribution in [-0.4, -0.2) is 81.4 Å². The molecule has 0 aromatic heterocycles. The third kappa shape index (κ3) is 5.66. The van der Waals surface area contributed by atoms with Gasteiger partial charge in [-0.3, -0.25) is 14.4 Å². The number of aliphatic hydroxyl groups excluding tert-OH is 1. The molecule has 9 heteroatoms. The SMILES string of the molecule is C=CCN(Cc1ccccc1)C(=O)[C@H]1[C@@H]2OC3(CC2Br)C(C(=O)N(CC=C)c2cc(C)ccc2C)N(CCCCO)C(=O)[C@H]13. The van der Waals surface area contributed by atoms with Gasteiger partial charge in [0.15, 0.2) is 0 Å². The number of halogens is 1. The Morgan fingerprint density at radius 2 is 1.82 bits per heavy atom. The molecular weight excluding hydrogens is 622 g/mol. The Hall–Kier alpha value is -3.27. The van der Waals surface area contributed by atoms with E-state index in [1.54, 1.807) is 26.9 Å². The summed E-state index contributed by atoms with van der Waals surface area (Å²) in [6.45, 7) is 12.9. The van der Waals surface area contributed by atoms with Crippen LogP contribution in [0.25, 0.3) is 0 Å². The number of rotatable bonds is 13. The van der Waals surface area contributed by atoms with Crippen LogP contribution in [0.2, 0.25) is 0 Å². The summed E-state index contributed by atoms with van der Waals surface area (Å²) in [7, 11) is 0. The maximum Gasteiger partial charge on any atom is 0.253 e. The lowest BCUT2D eigenvalue weighted by atomic mass is 9.70. The molecule has 0 saturated carbocycles.